The van der Waals surface area contributed by atoms with Crippen molar-refractivity contribution in [2.45, 2.75) is 12.8 Å². The summed E-state index contributed by atoms with van der Waals surface area (Å²) in [6, 6.07) is 4.61. The molecular formula is C16H8S4. The van der Waals surface area contributed by atoms with E-state index in [4.69, 9.17) is 0 Å². The molecule has 0 aromatic carbocycles. The fourth-order valence-electron chi connectivity index (χ4n) is 3.44. The van der Waals surface area contributed by atoms with E-state index in [1.807, 2.05) is 45.3 Å². The van der Waals surface area contributed by atoms with E-state index in [9.17, 15) is 0 Å². The molecule has 0 amide bonds. The average Bonchev–Trinajstić information content (AvgIpc) is 3.14. The van der Waals surface area contributed by atoms with Gasteiger partial charge in [-0.2, -0.15) is 0 Å². The molecule has 4 aromatic heterocycles. The fraction of sp³-hybridized carbons (Fsp3) is 0.125. The minimum absolute atomic E-state index is 1.16. The van der Waals surface area contributed by atoms with Gasteiger partial charge >= 0.3 is 0 Å². The molecule has 2 aliphatic rings. The maximum absolute atomic E-state index is 2.30. The zero-order chi connectivity index (χ0) is 12.8. The molecule has 4 heterocycles. The number of rotatable bonds is 0. The Hall–Kier alpha value is -0.940. The Morgan fingerprint density at radius 3 is 1.65 bits per heavy atom. The van der Waals surface area contributed by atoms with Gasteiger partial charge in [0.25, 0.3) is 0 Å². The standard InChI is InChI=1S/C16H8S4/c1-3-17-11-7(1)5-9-13(11)19-16-10-6-8-2-4-18-12(8)14(10)20-15(9)16/h1-4H,5-6H2. The first-order valence-corrected chi connectivity index (χ1v) is 10.00. The van der Waals surface area contributed by atoms with Crippen LogP contribution in [0.25, 0.3) is 28.9 Å². The van der Waals surface area contributed by atoms with Crippen LogP contribution in [0.1, 0.15) is 22.3 Å². The summed E-state index contributed by atoms with van der Waals surface area (Å²) in [5, 5.41) is 4.48. The van der Waals surface area contributed by atoms with Crippen molar-refractivity contribution in [3.8, 4) is 19.5 Å². The van der Waals surface area contributed by atoms with Gasteiger partial charge in [0.05, 0.1) is 19.2 Å². The van der Waals surface area contributed by atoms with E-state index in [-0.39, 0.29) is 0 Å². The third-order valence-corrected chi connectivity index (χ3v) is 9.31. The molecule has 0 spiro atoms. The van der Waals surface area contributed by atoms with Crippen LogP contribution in [0.4, 0.5) is 0 Å². The highest BCUT2D eigenvalue weighted by Crippen LogP contribution is 2.57. The highest BCUT2D eigenvalue weighted by molar-refractivity contribution is 7.34. The molecule has 0 N–H and O–H groups in total. The van der Waals surface area contributed by atoms with E-state index >= 15 is 0 Å². The summed E-state index contributed by atoms with van der Waals surface area (Å²) in [5.74, 6) is 0. The molecule has 0 fully saturated rings. The van der Waals surface area contributed by atoms with E-state index in [2.05, 4.69) is 22.9 Å². The smallest absolute Gasteiger partial charge is 0.0502 e. The van der Waals surface area contributed by atoms with Crippen molar-refractivity contribution in [2.75, 3.05) is 0 Å². The largest absolute Gasteiger partial charge is 0.143 e. The first kappa shape index (κ1) is 10.7. The predicted octanol–water partition coefficient (Wildman–Crippen LogP) is 6.23. The molecule has 2 aliphatic carbocycles. The van der Waals surface area contributed by atoms with Gasteiger partial charge in [-0.3, -0.25) is 0 Å². The topological polar surface area (TPSA) is 0 Å². The Bertz CT molecular complexity index is 923. The molecule has 0 nitrogen and oxygen atoms in total. The summed E-state index contributed by atoms with van der Waals surface area (Å²) >= 11 is 7.92. The zero-order valence-corrected chi connectivity index (χ0v) is 13.6. The van der Waals surface area contributed by atoms with Gasteiger partial charge in [0, 0.05) is 22.6 Å². The van der Waals surface area contributed by atoms with Crippen LogP contribution < -0.4 is 0 Å². The van der Waals surface area contributed by atoms with Crippen molar-refractivity contribution >= 4 is 54.7 Å². The first-order chi connectivity index (χ1) is 9.90. The zero-order valence-electron chi connectivity index (χ0n) is 10.4. The Labute approximate surface area is 132 Å². The Morgan fingerprint density at radius 1 is 0.650 bits per heavy atom. The van der Waals surface area contributed by atoms with Crippen LogP contribution in [-0.2, 0) is 12.8 Å². The van der Waals surface area contributed by atoms with Gasteiger partial charge in [-0.05, 0) is 45.1 Å². The van der Waals surface area contributed by atoms with Crippen molar-refractivity contribution in [3.63, 3.8) is 0 Å². The fourth-order valence-corrected chi connectivity index (χ4v) is 8.62. The third kappa shape index (κ3) is 1.11. The van der Waals surface area contributed by atoms with Crippen LogP contribution in [-0.4, -0.2) is 0 Å². The van der Waals surface area contributed by atoms with E-state index in [1.165, 1.54) is 9.75 Å². The quantitative estimate of drug-likeness (QED) is 0.310. The molecule has 20 heavy (non-hydrogen) atoms. The van der Waals surface area contributed by atoms with Crippen molar-refractivity contribution < 1.29 is 0 Å². The average molecular weight is 329 g/mol. The minimum Gasteiger partial charge on any atom is -0.143 e. The van der Waals surface area contributed by atoms with Crippen molar-refractivity contribution in [1.29, 1.82) is 0 Å². The highest BCUT2D eigenvalue weighted by Gasteiger charge is 2.31. The molecule has 0 atom stereocenters. The molecule has 0 aliphatic heterocycles. The van der Waals surface area contributed by atoms with Gasteiger partial charge in [-0.1, -0.05) is 0 Å². The van der Waals surface area contributed by atoms with Crippen molar-refractivity contribution in [3.05, 3.63) is 45.1 Å². The second-order valence-corrected chi connectivity index (χ2v) is 9.25. The normalized spacial score (nSPS) is 14.6. The summed E-state index contributed by atoms with van der Waals surface area (Å²) in [6.45, 7) is 0. The Morgan fingerprint density at radius 2 is 1.15 bits per heavy atom. The maximum atomic E-state index is 2.30. The third-order valence-electron chi connectivity index (χ3n) is 4.35. The van der Waals surface area contributed by atoms with Gasteiger partial charge in [0.15, 0.2) is 0 Å². The molecule has 0 radical (unpaired) electrons. The summed E-state index contributed by atoms with van der Waals surface area (Å²) in [6.07, 6.45) is 2.32. The first-order valence-electron chi connectivity index (χ1n) is 6.60. The van der Waals surface area contributed by atoms with Gasteiger partial charge < -0.3 is 0 Å². The lowest BCUT2D eigenvalue weighted by Crippen LogP contribution is -1.77. The van der Waals surface area contributed by atoms with Gasteiger partial charge in [-0.25, -0.2) is 0 Å². The lowest BCUT2D eigenvalue weighted by Gasteiger charge is -1.91. The van der Waals surface area contributed by atoms with Crippen LogP contribution in [0.3, 0.4) is 0 Å². The monoisotopic (exact) mass is 328 g/mol. The highest BCUT2D eigenvalue weighted by atomic mass is 32.1. The van der Waals surface area contributed by atoms with E-state index in [1.54, 1.807) is 41.4 Å². The van der Waals surface area contributed by atoms with Crippen LogP contribution in [0.2, 0.25) is 0 Å². The number of fused-ring (bicyclic) bond motifs is 9. The summed E-state index contributed by atoms with van der Waals surface area (Å²) in [7, 11) is 0. The van der Waals surface area contributed by atoms with Crippen molar-refractivity contribution in [2.24, 2.45) is 0 Å². The van der Waals surface area contributed by atoms with Crippen LogP contribution in [0, 0.1) is 0 Å². The lowest BCUT2D eigenvalue weighted by atomic mass is 10.1. The molecule has 0 unspecified atom stereocenters. The molecule has 0 bridgehead atoms. The summed E-state index contributed by atoms with van der Waals surface area (Å²) in [4.78, 5) is 6.20. The second-order valence-electron chi connectivity index (χ2n) is 5.38. The number of hydrogen-bond donors (Lipinski definition) is 0. The van der Waals surface area contributed by atoms with Crippen LogP contribution >= 0.6 is 45.3 Å². The molecule has 96 valence electrons. The van der Waals surface area contributed by atoms with Gasteiger partial charge in [-0.15, -0.1) is 45.3 Å². The molecule has 0 saturated heterocycles. The van der Waals surface area contributed by atoms with E-state index in [0.717, 1.165) is 12.8 Å². The van der Waals surface area contributed by atoms with Crippen LogP contribution in [0.15, 0.2) is 22.9 Å². The number of hydrogen-bond acceptors (Lipinski definition) is 4. The predicted molar refractivity (Wildman–Crippen MR) is 91.9 cm³/mol. The lowest BCUT2D eigenvalue weighted by molar-refractivity contribution is 1.30. The Balaban J connectivity index is 1.70. The molecule has 6 rings (SSSR count). The maximum Gasteiger partial charge on any atom is 0.0502 e. The minimum atomic E-state index is 1.16. The Kier molecular flexibility index (Phi) is 1.85. The molecule has 4 aromatic rings. The summed E-state index contributed by atoms with van der Waals surface area (Å²) < 4.78 is 3.16. The van der Waals surface area contributed by atoms with Crippen molar-refractivity contribution in [1.82, 2.24) is 0 Å². The van der Waals surface area contributed by atoms with Crippen LogP contribution in [0.5, 0.6) is 0 Å². The molecule has 0 saturated carbocycles. The second kappa shape index (κ2) is 3.45. The van der Waals surface area contributed by atoms with Gasteiger partial charge in [0.2, 0.25) is 0 Å². The van der Waals surface area contributed by atoms with Gasteiger partial charge in [0.1, 0.15) is 0 Å². The number of thiophene rings is 4. The van der Waals surface area contributed by atoms with E-state index < -0.39 is 0 Å². The molecule has 4 heteroatoms. The van der Waals surface area contributed by atoms with E-state index in [0.29, 0.717) is 0 Å². The summed E-state index contributed by atoms with van der Waals surface area (Å²) in [5.41, 5.74) is 6.32. The molecular weight excluding hydrogens is 320 g/mol. The SMILES string of the molecule is c1cc2c(s1)-c1sc3c4c(sc3c1C2)-c1sccc1C4.